The van der Waals surface area contributed by atoms with Gasteiger partial charge < -0.3 is 28.8 Å². The minimum atomic E-state index is -1.27. The fourth-order valence-electron chi connectivity index (χ4n) is 4.24. The molecule has 2 aromatic rings. The molecule has 0 saturated carbocycles. The summed E-state index contributed by atoms with van der Waals surface area (Å²) in [5, 5.41) is 10.0. The molecule has 1 N–H and O–H groups in total. The van der Waals surface area contributed by atoms with E-state index < -0.39 is 54.4 Å². The highest BCUT2D eigenvalue weighted by Gasteiger charge is 2.52. The van der Waals surface area contributed by atoms with Gasteiger partial charge in [0.2, 0.25) is 0 Å². The van der Waals surface area contributed by atoms with E-state index in [0.717, 1.165) is 12.5 Å². The van der Waals surface area contributed by atoms with Crippen LogP contribution in [-0.2, 0) is 49.3 Å². The number of hydrogen-bond acceptors (Lipinski definition) is 10. The lowest BCUT2D eigenvalue weighted by Gasteiger charge is -2.44. The minimum Gasteiger partial charge on any atom is -0.508 e. The lowest BCUT2D eigenvalue weighted by molar-refractivity contribution is -0.254. The first kappa shape index (κ1) is 28.9. The molecule has 2 aromatic carbocycles. The van der Waals surface area contributed by atoms with Gasteiger partial charge in [-0.05, 0) is 41.3 Å². The van der Waals surface area contributed by atoms with Crippen LogP contribution in [0.2, 0.25) is 5.02 Å². The molecule has 0 unspecified atom stereocenters. The van der Waals surface area contributed by atoms with E-state index in [4.69, 9.17) is 35.3 Å². The maximum Gasteiger partial charge on any atom is 0.303 e. The number of benzene rings is 2. The van der Waals surface area contributed by atoms with Gasteiger partial charge in [-0.25, -0.2) is 0 Å². The van der Waals surface area contributed by atoms with Crippen LogP contribution in [0.3, 0.4) is 0 Å². The van der Waals surface area contributed by atoms with Crippen molar-refractivity contribution in [1.82, 2.24) is 0 Å². The molecule has 1 fully saturated rings. The number of carbonyl (C=O) groups is 4. The van der Waals surface area contributed by atoms with Gasteiger partial charge >= 0.3 is 23.9 Å². The Morgan fingerprint density at radius 3 is 1.97 bits per heavy atom. The molecule has 0 spiro atoms. The fraction of sp³-hybridized carbons (Fsp3) is 0.407. The molecule has 0 aliphatic carbocycles. The van der Waals surface area contributed by atoms with Gasteiger partial charge in [0.15, 0.2) is 18.3 Å². The number of carbonyl (C=O) groups excluding carboxylic acids is 4. The molecule has 1 aliphatic rings. The molecule has 10 nitrogen and oxygen atoms in total. The minimum absolute atomic E-state index is 0.131. The number of halogens is 1. The predicted octanol–water partition coefficient (Wildman–Crippen LogP) is 3.43. The summed E-state index contributed by atoms with van der Waals surface area (Å²) in [5.41, 5.74) is 2.12. The molecular weight excluding hydrogens is 520 g/mol. The monoisotopic (exact) mass is 548 g/mol. The maximum absolute atomic E-state index is 12.1. The molecule has 1 aliphatic heterocycles. The van der Waals surface area contributed by atoms with E-state index in [1.54, 1.807) is 42.5 Å². The van der Waals surface area contributed by atoms with E-state index in [2.05, 4.69) is 0 Å². The van der Waals surface area contributed by atoms with E-state index >= 15 is 0 Å². The van der Waals surface area contributed by atoms with Crippen molar-refractivity contribution in [3.8, 4) is 5.75 Å². The number of esters is 4. The van der Waals surface area contributed by atoms with Crippen LogP contribution in [0.4, 0.5) is 0 Å². The summed E-state index contributed by atoms with van der Waals surface area (Å²) in [4.78, 5) is 47.6. The first-order chi connectivity index (χ1) is 17.9. The Morgan fingerprint density at radius 1 is 0.816 bits per heavy atom. The largest absolute Gasteiger partial charge is 0.508 e. The number of rotatable bonds is 8. The summed E-state index contributed by atoms with van der Waals surface area (Å²) < 4.78 is 27.8. The fourth-order valence-corrected chi connectivity index (χ4v) is 4.42. The highest BCUT2D eigenvalue weighted by Crippen LogP contribution is 2.39. The summed E-state index contributed by atoms with van der Waals surface area (Å²) in [6.07, 6.45) is -5.36. The van der Waals surface area contributed by atoms with E-state index in [9.17, 15) is 24.3 Å². The van der Waals surface area contributed by atoms with E-state index in [-0.39, 0.29) is 12.4 Å². The highest BCUT2D eigenvalue weighted by atomic mass is 35.5. The normalized spacial score (nSPS) is 22.7. The molecule has 0 aromatic heterocycles. The third-order valence-corrected chi connectivity index (χ3v) is 6.09. The van der Waals surface area contributed by atoms with Crippen molar-refractivity contribution >= 4 is 35.5 Å². The smallest absolute Gasteiger partial charge is 0.303 e. The zero-order valence-electron chi connectivity index (χ0n) is 21.3. The molecule has 204 valence electrons. The van der Waals surface area contributed by atoms with Gasteiger partial charge in [-0.2, -0.15) is 0 Å². The molecule has 1 heterocycles. The molecule has 0 bridgehead atoms. The first-order valence-corrected chi connectivity index (χ1v) is 12.2. The quantitative estimate of drug-likeness (QED) is 0.386. The van der Waals surface area contributed by atoms with Crippen LogP contribution in [0, 0.1) is 0 Å². The van der Waals surface area contributed by atoms with Crippen molar-refractivity contribution in [2.24, 2.45) is 0 Å². The van der Waals surface area contributed by atoms with Crippen LogP contribution in [0.25, 0.3) is 0 Å². The number of phenolic OH excluding ortho intramolecular Hbond substituents is 1. The van der Waals surface area contributed by atoms with Gasteiger partial charge in [-0.15, -0.1) is 0 Å². The van der Waals surface area contributed by atoms with Crippen LogP contribution in [0.15, 0.2) is 42.5 Å². The molecule has 0 radical (unpaired) electrons. The van der Waals surface area contributed by atoms with Gasteiger partial charge in [0.05, 0.1) is 0 Å². The molecule has 11 heteroatoms. The van der Waals surface area contributed by atoms with Gasteiger partial charge in [0, 0.05) is 32.7 Å². The van der Waals surface area contributed by atoms with Gasteiger partial charge in [-0.3, -0.25) is 19.2 Å². The van der Waals surface area contributed by atoms with Crippen LogP contribution >= 0.6 is 11.6 Å². The SMILES string of the molecule is CC(=O)OC[C@H]1O[C@@H](c2ccc(Cl)c(Cc3ccc(O)cc3)c2)[C@H](OC(C)=O)[C@@H](OC(C)=O)[C@@H]1OC(C)=O. The van der Waals surface area contributed by atoms with E-state index in [1.165, 1.54) is 20.8 Å². The van der Waals surface area contributed by atoms with Crippen molar-refractivity contribution in [2.75, 3.05) is 6.61 Å². The van der Waals surface area contributed by atoms with Crippen molar-refractivity contribution in [2.45, 2.75) is 64.6 Å². The third-order valence-electron chi connectivity index (χ3n) is 5.72. The topological polar surface area (TPSA) is 135 Å². The Kier molecular flexibility index (Phi) is 9.71. The Bertz CT molecular complexity index is 1180. The highest BCUT2D eigenvalue weighted by molar-refractivity contribution is 6.31. The number of phenols is 1. The maximum atomic E-state index is 12.1. The summed E-state index contributed by atoms with van der Waals surface area (Å²) in [5.74, 6) is -2.56. The number of ether oxygens (including phenoxy) is 5. The Labute approximate surface area is 224 Å². The molecule has 5 atom stereocenters. The standard InChI is InChI=1S/C27H29ClO10/c1-14(29)34-13-23-25(35-15(2)30)27(37-17(4)32)26(36-16(3)31)24(38-23)19-7-10-22(28)20(12-19)11-18-5-8-21(33)9-6-18/h5-10,12,23-27,33H,11,13H2,1-4H3/t23-,24+,25-,26+,27+/m1/s1. The lowest BCUT2D eigenvalue weighted by Crippen LogP contribution is -2.59. The van der Waals surface area contributed by atoms with Gasteiger partial charge in [0.1, 0.15) is 24.6 Å². The molecule has 38 heavy (non-hydrogen) atoms. The average molecular weight is 549 g/mol. The van der Waals surface area contributed by atoms with E-state index in [1.807, 2.05) is 0 Å². The summed E-state index contributed by atoms with van der Waals surface area (Å²) in [6, 6.07) is 11.7. The Balaban J connectivity index is 2.06. The van der Waals surface area contributed by atoms with E-state index in [0.29, 0.717) is 22.6 Å². The van der Waals surface area contributed by atoms with Crippen LogP contribution in [-0.4, -0.2) is 60.0 Å². The second-order valence-corrected chi connectivity index (χ2v) is 9.22. The Hall–Kier alpha value is -3.63. The second kappa shape index (κ2) is 12.7. The molecule has 0 amide bonds. The van der Waals surface area contributed by atoms with Gasteiger partial charge in [0.25, 0.3) is 0 Å². The first-order valence-electron chi connectivity index (χ1n) is 11.8. The third kappa shape index (κ3) is 7.69. The van der Waals surface area contributed by atoms with Crippen LogP contribution < -0.4 is 0 Å². The summed E-state index contributed by atoms with van der Waals surface area (Å²) in [7, 11) is 0. The average Bonchev–Trinajstić information content (AvgIpc) is 2.82. The predicted molar refractivity (Wildman–Crippen MR) is 133 cm³/mol. The number of aromatic hydroxyl groups is 1. The van der Waals surface area contributed by atoms with Crippen molar-refractivity contribution in [3.63, 3.8) is 0 Å². The van der Waals surface area contributed by atoms with Crippen molar-refractivity contribution in [3.05, 3.63) is 64.2 Å². The zero-order chi connectivity index (χ0) is 28.0. The van der Waals surface area contributed by atoms with Crippen LogP contribution in [0.1, 0.15) is 50.5 Å². The van der Waals surface area contributed by atoms with Crippen molar-refractivity contribution in [1.29, 1.82) is 0 Å². The number of hydrogen-bond donors (Lipinski definition) is 1. The Morgan fingerprint density at radius 2 is 1.39 bits per heavy atom. The van der Waals surface area contributed by atoms with Crippen molar-refractivity contribution < 1.29 is 48.0 Å². The molecular formula is C27H29ClO10. The summed E-state index contributed by atoms with van der Waals surface area (Å²) in [6.45, 7) is 4.41. The molecule has 3 rings (SSSR count). The molecule has 1 saturated heterocycles. The lowest BCUT2D eigenvalue weighted by atomic mass is 9.89. The second-order valence-electron chi connectivity index (χ2n) is 8.81. The van der Waals surface area contributed by atoms with Crippen LogP contribution in [0.5, 0.6) is 5.75 Å². The van der Waals surface area contributed by atoms with Gasteiger partial charge in [-0.1, -0.05) is 35.9 Å². The summed E-state index contributed by atoms with van der Waals surface area (Å²) >= 11 is 6.47. The zero-order valence-corrected chi connectivity index (χ0v) is 22.1.